The predicted octanol–water partition coefficient (Wildman–Crippen LogP) is 2.77. The summed E-state index contributed by atoms with van der Waals surface area (Å²) in [5, 5.41) is 2.84. The van der Waals surface area contributed by atoms with E-state index in [-0.39, 0.29) is 12.5 Å². The molecule has 0 fully saturated rings. The molecule has 0 spiro atoms. The number of aryl methyl sites for hydroxylation is 1. The van der Waals surface area contributed by atoms with Crippen LogP contribution in [0.2, 0.25) is 0 Å². The van der Waals surface area contributed by atoms with Crippen LogP contribution in [0.3, 0.4) is 0 Å². The molecule has 6 heteroatoms. The predicted molar refractivity (Wildman–Crippen MR) is 100 cm³/mol. The van der Waals surface area contributed by atoms with Crippen LogP contribution in [0.25, 0.3) is 11.0 Å². The fourth-order valence-corrected chi connectivity index (χ4v) is 2.80. The zero-order valence-electron chi connectivity index (χ0n) is 14.9. The Bertz CT molecular complexity index is 846. The highest BCUT2D eigenvalue weighted by Gasteiger charge is 2.11. The number of hydrogen-bond acceptors (Lipinski definition) is 4. The average Bonchev–Trinajstić information content (AvgIpc) is 3.02. The Morgan fingerprint density at radius 3 is 2.69 bits per heavy atom. The van der Waals surface area contributed by atoms with Crippen LogP contribution < -0.4 is 10.1 Å². The molecule has 3 aromatic rings. The van der Waals surface area contributed by atoms with Crippen molar-refractivity contribution < 1.29 is 14.3 Å². The van der Waals surface area contributed by atoms with E-state index < -0.39 is 0 Å². The Morgan fingerprint density at radius 2 is 1.88 bits per heavy atom. The largest absolute Gasteiger partial charge is 0.494 e. The highest BCUT2D eigenvalue weighted by molar-refractivity contribution is 5.78. The van der Waals surface area contributed by atoms with Gasteiger partial charge in [-0.2, -0.15) is 0 Å². The minimum absolute atomic E-state index is 0.0468. The molecular formula is C20H23N3O3. The molecule has 3 rings (SSSR count). The number of nitrogens with zero attached hydrogens (tertiary/aromatic N) is 2. The lowest BCUT2D eigenvalue weighted by atomic mass is 10.3. The molecule has 1 N–H and O–H groups in total. The Kier molecular flexibility index (Phi) is 6.22. The third-order valence-corrected chi connectivity index (χ3v) is 3.99. The van der Waals surface area contributed by atoms with Crippen molar-refractivity contribution in [2.75, 3.05) is 20.3 Å². The number of nitrogens with one attached hydrogen (secondary N) is 1. The normalized spacial score (nSPS) is 10.8. The minimum Gasteiger partial charge on any atom is -0.494 e. The van der Waals surface area contributed by atoms with Gasteiger partial charge in [0.15, 0.2) is 0 Å². The van der Waals surface area contributed by atoms with Gasteiger partial charge in [-0.1, -0.05) is 30.3 Å². The second-order valence-electron chi connectivity index (χ2n) is 5.89. The lowest BCUT2D eigenvalue weighted by Gasteiger charge is -2.11. The van der Waals surface area contributed by atoms with Crippen molar-refractivity contribution >= 4 is 16.9 Å². The molecule has 0 radical (unpaired) electrons. The molecule has 136 valence electrons. The standard InChI is InChI=1S/C20H23N3O3/c1-25-15-20(24)21-14-19-22-17-10-5-6-11-18(17)23(19)12-7-13-26-16-8-3-2-4-9-16/h2-6,8-11H,7,12-15H2,1H3,(H,21,24). The summed E-state index contributed by atoms with van der Waals surface area (Å²) in [5.41, 5.74) is 1.98. The van der Waals surface area contributed by atoms with Gasteiger partial charge in [-0.3, -0.25) is 4.79 Å². The molecule has 0 aliphatic heterocycles. The summed E-state index contributed by atoms with van der Waals surface area (Å²) < 4.78 is 12.7. The van der Waals surface area contributed by atoms with Crippen LogP contribution in [0.1, 0.15) is 12.2 Å². The molecule has 0 atom stereocenters. The Balaban J connectivity index is 1.65. The van der Waals surface area contributed by atoms with Crippen LogP contribution in [0.5, 0.6) is 5.75 Å². The zero-order valence-corrected chi connectivity index (χ0v) is 14.9. The number of ether oxygens (including phenoxy) is 2. The minimum atomic E-state index is -0.154. The Labute approximate surface area is 152 Å². The summed E-state index contributed by atoms with van der Waals surface area (Å²) in [6.07, 6.45) is 0.842. The zero-order chi connectivity index (χ0) is 18.2. The maximum Gasteiger partial charge on any atom is 0.246 e. The number of para-hydroxylation sites is 3. The van der Waals surface area contributed by atoms with Crippen molar-refractivity contribution in [1.29, 1.82) is 0 Å². The lowest BCUT2D eigenvalue weighted by molar-refractivity contribution is -0.124. The van der Waals surface area contributed by atoms with E-state index in [1.807, 2.05) is 54.6 Å². The summed E-state index contributed by atoms with van der Waals surface area (Å²) in [6, 6.07) is 17.8. The number of aromatic nitrogens is 2. The number of carbonyl (C=O) groups excluding carboxylic acids is 1. The van der Waals surface area contributed by atoms with Gasteiger partial charge in [0.25, 0.3) is 0 Å². The van der Waals surface area contributed by atoms with Gasteiger partial charge in [-0.05, 0) is 30.7 Å². The molecule has 2 aromatic carbocycles. The average molecular weight is 353 g/mol. The van der Waals surface area contributed by atoms with Crippen LogP contribution in [-0.4, -0.2) is 35.8 Å². The second kappa shape index (κ2) is 9.01. The summed E-state index contributed by atoms with van der Waals surface area (Å²) in [4.78, 5) is 16.3. The molecular weight excluding hydrogens is 330 g/mol. The molecule has 1 aromatic heterocycles. The Morgan fingerprint density at radius 1 is 1.12 bits per heavy atom. The summed E-state index contributed by atoms with van der Waals surface area (Å²) in [6.45, 7) is 1.80. The molecule has 0 bridgehead atoms. The van der Waals surface area contributed by atoms with E-state index >= 15 is 0 Å². The van der Waals surface area contributed by atoms with Crippen molar-refractivity contribution in [1.82, 2.24) is 14.9 Å². The van der Waals surface area contributed by atoms with Crippen molar-refractivity contribution in [2.45, 2.75) is 19.5 Å². The third-order valence-electron chi connectivity index (χ3n) is 3.99. The fourth-order valence-electron chi connectivity index (χ4n) is 2.80. The number of fused-ring (bicyclic) bond motifs is 1. The van der Waals surface area contributed by atoms with E-state index in [0.717, 1.165) is 35.6 Å². The molecule has 0 unspecified atom stereocenters. The van der Waals surface area contributed by atoms with Crippen LogP contribution in [0, 0.1) is 0 Å². The van der Waals surface area contributed by atoms with E-state index in [4.69, 9.17) is 9.47 Å². The van der Waals surface area contributed by atoms with Crippen LogP contribution in [0.4, 0.5) is 0 Å². The lowest BCUT2D eigenvalue weighted by Crippen LogP contribution is -2.28. The van der Waals surface area contributed by atoms with Gasteiger partial charge in [0.05, 0.1) is 24.2 Å². The smallest absolute Gasteiger partial charge is 0.246 e. The molecule has 6 nitrogen and oxygen atoms in total. The monoisotopic (exact) mass is 353 g/mol. The van der Waals surface area contributed by atoms with E-state index in [1.165, 1.54) is 7.11 Å². The number of rotatable bonds is 9. The number of methoxy groups -OCH3 is 1. The molecule has 0 aliphatic rings. The second-order valence-corrected chi connectivity index (χ2v) is 5.89. The number of hydrogen-bond donors (Lipinski definition) is 1. The molecule has 0 aliphatic carbocycles. The van der Waals surface area contributed by atoms with Crippen LogP contribution in [-0.2, 0) is 22.6 Å². The van der Waals surface area contributed by atoms with Crippen molar-refractivity contribution in [3.8, 4) is 5.75 Å². The third kappa shape index (κ3) is 4.61. The maximum atomic E-state index is 11.7. The van der Waals surface area contributed by atoms with Gasteiger partial charge in [0.2, 0.25) is 5.91 Å². The van der Waals surface area contributed by atoms with Crippen LogP contribution >= 0.6 is 0 Å². The number of amides is 1. The first kappa shape index (κ1) is 17.9. The summed E-state index contributed by atoms with van der Waals surface area (Å²) in [5.74, 6) is 1.55. The first-order chi connectivity index (χ1) is 12.8. The number of carbonyl (C=O) groups is 1. The highest BCUT2D eigenvalue weighted by Crippen LogP contribution is 2.17. The highest BCUT2D eigenvalue weighted by atomic mass is 16.5. The van der Waals surface area contributed by atoms with Gasteiger partial charge < -0.3 is 19.4 Å². The van der Waals surface area contributed by atoms with Gasteiger partial charge in [-0.15, -0.1) is 0 Å². The van der Waals surface area contributed by atoms with E-state index in [1.54, 1.807) is 0 Å². The summed E-state index contributed by atoms with van der Waals surface area (Å²) in [7, 11) is 1.50. The van der Waals surface area contributed by atoms with Gasteiger partial charge in [0, 0.05) is 13.7 Å². The molecule has 1 amide bonds. The number of imidazole rings is 1. The van der Waals surface area contributed by atoms with Gasteiger partial charge in [-0.25, -0.2) is 4.98 Å². The molecule has 1 heterocycles. The van der Waals surface area contributed by atoms with Gasteiger partial charge in [0.1, 0.15) is 18.2 Å². The number of benzene rings is 2. The SMILES string of the molecule is COCC(=O)NCc1nc2ccccc2n1CCCOc1ccccc1. The van der Waals surface area contributed by atoms with E-state index in [2.05, 4.69) is 14.9 Å². The molecule has 0 saturated heterocycles. The van der Waals surface area contributed by atoms with Crippen molar-refractivity contribution in [2.24, 2.45) is 0 Å². The van der Waals surface area contributed by atoms with E-state index in [9.17, 15) is 4.79 Å². The molecule has 26 heavy (non-hydrogen) atoms. The molecule has 0 saturated carbocycles. The first-order valence-corrected chi connectivity index (χ1v) is 8.65. The maximum absolute atomic E-state index is 11.7. The fraction of sp³-hybridized carbons (Fsp3) is 0.300. The van der Waals surface area contributed by atoms with E-state index in [0.29, 0.717) is 13.2 Å². The topological polar surface area (TPSA) is 65.4 Å². The Hall–Kier alpha value is -2.86. The van der Waals surface area contributed by atoms with Crippen molar-refractivity contribution in [3.05, 3.63) is 60.4 Å². The quantitative estimate of drug-likeness (QED) is 0.601. The summed E-state index contributed by atoms with van der Waals surface area (Å²) >= 11 is 0. The first-order valence-electron chi connectivity index (χ1n) is 8.65. The van der Waals surface area contributed by atoms with Gasteiger partial charge >= 0.3 is 0 Å². The van der Waals surface area contributed by atoms with Crippen molar-refractivity contribution in [3.63, 3.8) is 0 Å². The van der Waals surface area contributed by atoms with Crippen LogP contribution in [0.15, 0.2) is 54.6 Å².